The average Bonchev–Trinajstić information content (AvgIpc) is 2.85. The van der Waals surface area contributed by atoms with E-state index in [1.165, 1.54) is 12.2 Å². The van der Waals surface area contributed by atoms with Crippen LogP contribution >= 0.6 is 0 Å². The predicted octanol–water partition coefficient (Wildman–Crippen LogP) is 4.86. The number of hydrogen-bond donors (Lipinski definition) is 5. The third-order valence-electron chi connectivity index (χ3n) is 4.49. The fourth-order valence-electron chi connectivity index (χ4n) is 2.55. The van der Waals surface area contributed by atoms with E-state index in [-0.39, 0.29) is 17.4 Å². The van der Waals surface area contributed by atoms with Gasteiger partial charge in [0.2, 0.25) is 12.3 Å². The molecule has 36 heavy (non-hydrogen) atoms. The van der Waals surface area contributed by atoms with Crippen molar-refractivity contribution in [1.29, 1.82) is 5.41 Å². The molecule has 0 fully saturated rings. The summed E-state index contributed by atoms with van der Waals surface area (Å²) < 4.78 is 0. The van der Waals surface area contributed by atoms with Crippen LogP contribution in [0.25, 0.3) is 0 Å². The van der Waals surface area contributed by atoms with Crippen molar-refractivity contribution < 1.29 is 14.4 Å². The first-order valence-corrected chi connectivity index (χ1v) is 10.8. The summed E-state index contributed by atoms with van der Waals surface area (Å²) in [4.78, 5) is 33.2. The minimum atomic E-state index is -0.337. The highest BCUT2D eigenvalue weighted by molar-refractivity contribution is 6.05. The molecule has 0 atom stereocenters. The number of allylic oxidation sites excluding steroid dienone is 4. The largest absolute Gasteiger partial charge is 0.398 e. The molecule has 0 spiro atoms. The van der Waals surface area contributed by atoms with Crippen LogP contribution in [0.3, 0.4) is 0 Å². The number of carbonyl (C=O) groups is 3. The maximum atomic E-state index is 12.0. The summed E-state index contributed by atoms with van der Waals surface area (Å²) >= 11 is 0. The molecule has 0 aromatic heterocycles. The first-order valence-electron chi connectivity index (χ1n) is 10.8. The van der Waals surface area contributed by atoms with Crippen LogP contribution in [0.15, 0.2) is 109 Å². The lowest BCUT2D eigenvalue weighted by atomic mass is 10.2. The van der Waals surface area contributed by atoms with Crippen molar-refractivity contribution in [2.24, 2.45) is 5.73 Å². The Kier molecular flexibility index (Phi) is 12.7. The first kappa shape index (κ1) is 29.1. The Hall–Kier alpha value is -4.98. The molecule has 2 aromatic rings. The van der Waals surface area contributed by atoms with E-state index < -0.39 is 0 Å². The minimum absolute atomic E-state index is 0.180. The zero-order valence-corrected chi connectivity index (χ0v) is 20.4. The Balaban J connectivity index is 0.000000450. The Morgan fingerprint density at radius 2 is 1.67 bits per heavy atom. The number of benzene rings is 2. The van der Waals surface area contributed by atoms with E-state index in [9.17, 15) is 14.4 Å². The molecule has 0 aliphatic heterocycles. The summed E-state index contributed by atoms with van der Waals surface area (Å²) in [5, 5.41) is 14.8. The molecule has 0 heterocycles. The first-order chi connectivity index (χ1) is 17.2. The van der Waals surface area contributed by atoms with Crippen LogP contribution < -0.4 is 21.7 Å². The van der Waals surface area contributed by atoms with Crippen molar-refractivity contribution in [2.75, 3.05) is 16.0 Å². The minimum Gasteiger partial charge on any atom is -0.398 e. The van der Waals surface area contributed by atoms with Gasteiger partial charge in [0.05, 0.1) is 0 Å². The second-order valence-corrected chi connectivity index (χ2v) is 7.38. The number of nitrogens with two attached hydrogens (primary N) is 1. The highest BCUT2D eigenvalue weighted by Gasteiger charge is 2.04. The molecule has 0 aliphatic rings. The summed E-state index contributed by atoms with van der Waals surface area (Å²) in [6.45, 7) is 10.9. The van der Waals surface area contributed by atoms with E-state index >= 15 is 0 Å². The van der Waals surface area contributed by atoms with Crippen molar-refractivity contribution in [3.63, 3.8) is 0 Å². The van der Waals surface area contributed by atoms with Gasteiger partial charge in [0, 0.05) is 34.5 Å². The quantitative estimate of drug-likeness (QED) is 0.142. The standard InChI is InChI=1S/C18H20N4O2.C10H11NO/c1-13(17(20)10-11-19)4-3-5-14(2)18(24)22-16-8-6-15(7-9-16)21-12-23;1-3-10(12)11-9-6-4-5-8(2)7-9/h3-12,19H,2,20H2,1H3,(H,21,23)(H,22,24);3-7H,1H2,2H3,(H,11,12)/b5-3-,13-4+,17-10-,19-11?;. The van der Waals surface area contributed by atoms with E-state index in [1.807, 2.05) is 31.2 Å². The number of anilines is 3. The fourth-order valence-corrected chi connectivity index (χ4v) is 2.55. The Bertz CT molecular complexity index is 1190. The normalized spacial score (nSPS) is 10.9. The van der Waals surface area contributed by atoms with Gasteiger partial charge in [-0.3, -0.25) is 14.4 Å². The number of carbonyl (C=O) groups excluding carboxylic acids is 3. The van der Waals surface area contributed by atoms with Crippen LogP contribution in [-0.2, 0) is 14.4 Å². The molecule has 0 saturated heterocycles. The molecular weight excluding hydrogens is 454 g/mol. The maximum Gasteiger partial charge on any atom is 0.255 e. The number of aryl methyl sites for hydroxylation is 1. The summed E-state index contributed by atoms with van der Waals surface area (Å²) in [6, 6.07) is 14.3. The van der Waals surface area contributed by atoms with Gasteiger partial charge in [-0.1, -0.05) is 43.5 Å². The monoisotopic (exact) mass is 485 g/mol. The van der Waals surface area contributed by atoms with E-state index in [0.717, 1.165) is 23.0 Å². The Morgan fingerprint density at radius 3 is 2.25 bits per heavy atom. The van der Waals surface area contributed by atoms with E-state index in [4.69, 9.17) is 11.1 Å². The Labute approximate surface area is 211 Å². The van der Waals surface area contributed by atoms with E-state index in [2.05, 4.69) is 29.1 Å². The summed E-state index contributed by atoms with van der Waals surface area (Å²) in [5.74, 6) is -0.517. The second-order valence-electron chi connectivity index (χ2n) is 7.38. The zero-order valence-electron chi connectivity index (χ0n) is 20.4. The summed E-state index contributed by atoms with van der Waals surface area (Å²) in [5.41, 5.74) is 10.4. The molecule has 2 aromatic carbocycles. The van der Waals surface area contributed by atoms with Gasteiger partial charge < -0.3 is 27.1 Å². The molecule has 0 unspecified atom stereocenters. The molecular formula is C28H31N5O3. The van der Waals surface area contributed by atoms with Gasteiger partial charge in [0.15, 0.2) is 0 Å². The summed E-state index contributed by atoms with van der Waals surface area (Å²) in [7, 11) is 0. The molecule has 6 N–H and O–H groups in total. The van der Waals surface area contributed by atoms with Crippen LogP contribution in [-0.4, -0.2) is 24.4 Å². The van der Waals surface area contributed by atoms with Crippen LogP contribution in [0, 0.1) is 12.3 Å². The van der Waals surface area contributed by atoms with Crippen molar-refractivity contribution >= 4 is 41.5 Å². The highest BCUT2D eigenvalue weighted by atomic mass is 16.2. The molecule has 2 rings (SSSR count). The second kappa shape index (κ2) is 15.8. The van der Waals surface area contributed by atoms with Crippen molar-refractivity contribution in [2.45, 2.75) is 13.8 Å². The van der Waals surface area contributed by atoms with Gasteiger partial charge in [-0.2, -0.15) is 0 Å². The number of rotatable bonds is 10. The molecule has 0 bridgehead atoms. The third-order valence-corrected chi connectivity index (χ3v) is 4.49. The smallest absolute Gasteiger partial charge is 0.255 e. The molecule has 8 heteroatoms. The van der Waals surface area contributed by atoms with Gasteiger partial charge >= 0.3 is 0 Å². The third kappa shape index (κ3) is 11.2. The predicted molar refractivity (Wildman–Crippen MR) is 148 cm³/mol. The fraction of sp³-hybridized carbons (Fsp3) is 0.0714. The number of hydrogen-bond acceptors (Lipinski definition) is 5. The van der Waals surface area contributed by atoms with Gasteiger partial charge in [-0.15, -0.1) is 0 Å². The molecule has 186 valence electrons. The number of amides is 3. The van der Waals surface area contributed by atoms with Crippen molar-refractivity contribution in [3.8, 4) is 0 Å². The van der Waals surface area contributed by atoms with E-state index in [1.54, 1.807) is 49.4 Å². The molecule has 0 saturated carbocycles. The lowest BCUT2D eigenvalue weighted by Crippen LogP contribution is -2.12. The van der Waals surface area contributed by atoms with Gasteiger partial charge in [-0.05, 0) is 73.5 Å². The van der Waals surface area contributed by atoms with Crippen LogP contribution in [0.1, 0.15) is 12.5 Å². The lowest BCUT2D eigenvalue weighted by molar-refractivity contribution is -0.113. The SMILES string of the molecule is C=C(\C=C/C=C(C)/C(N)=C/C=N)C(=O)Nc1ccc(NC=O)cc1.C=CC(=O)Nc1cccc(C)c1. The van der Waals surface area contributed by atoms with Gasteiger partial charge in [0.25, 0.3) is 5.91 Å². The van der Waals surface area contributed by atoms with Gasteiger partial charge in [0.1, 0.15) is 0 Å². The average molecular weight is 486 g/mol. The van der Waals surface area contributed by atoms with Crippen LogP contribution in [0.4, 0.5) is 17.1 Å². The summed E-state index contributed by atoms with van der Waals surface area (Å²) in [6.07, 6.45) is 9.39. The van der Waals surface area contributed by atoms with Crippen LogP contribution in [0.5, 0.6) is 0 Å². The Morgan fingerprint density at radius 1 is 1.00 bits per heavy atom. The van der Waals surface area contributed by atoms with Crippen molar-refractivity contribution in [3.05, 3.63) is 114 Å². The number of nitrogens with one attached hydrogen (secondary N) is 4. The molecule has 3 amide bonds. The van der Waals surface area contributed by atoms with Crippen molar-refractivity contribution in [1.82, 2.24) is 0 Å². The van der Waals surface area contributed by atoms with E-state index in [0.29, 0.717) is 23.5 Å². The zero-order chi connectivity index (χ0) is 26.9. The molecule has 8 nitrogen and oxygen atoms in total. The maximum absolute atomic E-state index is 12.0. The lowest BCUT2D eigenvalue weighted by Gasteiger charge is -2.06. The molecule has 0 aliphatic carbocycles. The van der Waals surface area contributed by atoms with Crippen LogP contribution in [0.2, 0.25) is 0 Å². The topological polar surface area (TPSA) is 137 Å². The molecule has 0 radical (unpaired) electrons. The highest BCUT2D eigenvalue weighted by Crippen LogP contribution is 2.14. The van der Waals surface area contributed by atoms with Gasteiger partial charge in [-0.25, -0.2) is 0 Å².